The number of aliphatic carboxylic acids is 1. The van der Waals surface area contributed by atoms with E-state index in [0.717, 1.165) is 11.4 Å². The van der Waals surface area contributed by atoms with Crippen molar-refractivity contribution in [2.24, 2.45) is 5.73 Å². The van der Waals surface area contributed by atoms with E-state index in [0.29, 0.717) is 5.70 Å². The van der Waals surface area contributed by atoms with Gasteiger partial charge in [-0.25, -0.2) is 9.59 Å². The number of nitrogens with zero attached hydrogens (tertiary/aromatic N) is 4. The standard InChI is InChI=1S/C13H18N6O5.C3H7N/c1-6-4-7(2)19(18-6)13-17-16-9(24-13)5-14-12(23)15-10(8(3)20)11(21)22;1-3(2)4/h4,8,10,20H,5H2,1-3H3,(H,21,22)(H2,14,15,23);1,4H2,2H3. The molecule has 0 bridgehead atoms. The van der Waals surface area contributed by atoms with Crippen LogP contribution in [0.1, 0.15) is 31.1 Å². The molecule has 2 aromatic heterocycles. The minimum Gasteiger partial charge on any atom is -0.480 e. The number of hydrogen-bond donors (Lipinski definition) is 5. The number of allylic oxidation sites excluding steroid dienone is 1. The van der Waals surface area contributed by atoms with E-state index in [1.807, 2.05) is 19.9 Å². The molecule has 2 atom stereocenters. The number of aromatic nitrogens is 4. The molecule has 28 heavy (non-hydrogen) atoms. The van der Waals surface area contributed by atoms with Crippen molar-refractivity contribution in [2.45, 2.75) is 46.4 Å². The molecule has 2 aromatic rings. The molecule has 2 amide bonds. The predicted octanol–water partition coefficient (Wildman–Crippen LogP) is -0.0160. The monoisotopic (exact) mass is 395 g/mol. The van der Waals surface area contributed by atoms with E-state index in [4.69, 9.17) is 15.3 Å². The van der Waals surface area contributed by atoms with Gasteiger partial charge in [0, 0.05) is 5.69 Å². The Balaban J connectivity index is 0.000000892. The number of rotatable bonds is 6. The maximum atomic E-state index is 11.7. The van der Waals surface area contributed by atoms with Crippen LogP contribution in [0.4, 0.5) is 4.79 Å². The van der Waals surface area contributed by atoms with Crippen molar-refractivity contribution in [3.8, 4) is 6.01 Å². The van der Waals surface area contributed by atoms with Crippen LogP contribution in [-0.4, -0.2) is 54.3 Å². The molecule has 12 nitrogen and oxygen atoms in total. The molecule has 0 aliphatic rings. The number of aliphatic hydroxyl groups excluding tert-OH is 1. The van der Waals surface area contributed by atoms with Gasteiger partial charge in [0.1, 0.15) is 0 Å². The van der Waals surface area contributed by atoms with Gasteiger partial charge in [0.15, 0.2) is 6.04 Å². The number of carboxylic acid groups (broad SMARTS) is 1. The number of hydrogen-bond acceptors (Lipinski definition) is 8. The highest BCUT2D eigenvalue weighted by Crippen LogP contribution is 2.10. The highest BCUT2D eigenvalue weighted by atomic mass is 16.4. The van der Waals surface area contributed by atoms with Crippen LogP contribution in [0.25, 0.3) is 6.01 Å². The van der Waals surface area contributed by atoms with Crippen LogP contribution in [0.2, 0.25) is 0 Å². The molecule has 0 fully saturated rings. The quantitative estimate of drug-likeness (QED) is 0.449. The zero-order valence-corrected chi connectivity index (χ0v) is 16.1. The van der Waals surface area contributed by atoms with Crippen molar-refractivity contribution >= 4 is 12.0 Å². The minimum atomic E-state index is -1.42. The van der Waals surface area contributed by atoms with E-state index in [1.165, 1.54) is 11.6 Å². The summed E-state index contributed by atoms with van der Waals surface area (Å²) in [4.78, 5) is 22.6. The molecular formula is C16H25N7O5. The van der Waals surface area contributed by atoms with Crippen LogP contribution in [0, 0.1) is 13.8 Å². The van der Waals surface area contributed by atoms with Gasteiger partial charge in [0.2, 0.25) is 5.89 Å². The number of nitrogens with two attached hydrogens (primary N) is 1. The molecule has 0 aliphatic carbocycles. The highest BCUT2D eigenvalue weighted by molar-refractivity contribution is 5.82. The Labute approximate surface area is 161 Å². The molecular weight excluding hydrogens is 370 g/mol. The topological polar surface area (TPSA) is 181 Å². The second-order valence-electron chi connectivity index (χ2n) is 6.05. The zero-order chi connectivity index (χ0) is 21.4. The van der Waals surface area contributed by atoms with Gasteiger partial charge < -0.3 is 31.0 Å². The summed E-state index contributed by atoms with van der Waals surface area (Å²) >= 11 is 0. The molecule has 0 aliphatic heterocycles. The van der Waals surface area contributed by atoms with E-state index in [9.17, 15) is 14.7 Å². The van der Waals surface area contributed by atoms with E-state index in [-0.39, 0.29) is 18.5 Å². The number of carbonyl (C=O) groups is 2. The van der Waals surface area contributed by atoms with E-state index in [1.54, 1.807) is 6.92 Å². The number of carbonyl (C=O) groups excluding carboxylic acids is 1. The Bertz CT molecular complexity index is 823. The van der Waals surface area contributed by atoms with Crippen molar-refractivity contribution in [1.82, 2.24) is 30.6 Å². The summed E-state index contributed by atoms with van der Waals surface area (Å²) < 4.78 is 6.86. The Hall–Kier alpha value is -3.41. The Morgan fingerprint density at radius 2 is 2.00 bits per heavy atom. The van der Waals surface area contributed by atoms with Gasteiger partial charge in [0.25, 0.3) is 0 Å². The van der Waals surface area contributed by atoms with Crippen LogP contribution in [0.5, 0.6) is 0 Å². The lowest BCUT2D eigenvalue weighted by Gasteiger charge is -2.16. The van der Waals surface area contributed by atoms with Crippen LogP contribution in [0.3, 0.4) is 0 Å². The minimum absolute atomic E-state index is 0.107. The van der Waals surface area contributed by atoms with Crippen molar-refractivity contribution < 1.29 is 24.2 Å². The third-order valence-corrected chi connectivity index (χ3v) is 3.08. The number of aryl methyl sites for hydroxylation is 2. The first-order valence-electron chi connectivity index (χ1n) is 8.23. The maximum Gasteiger partial charge on any atom is 0.343 e. The van der Waals surface area contributed by atoms with Gasteiger partial charge in [-0.1, -0.05) is 11.7 Å². The Morgan fingerprint density at radius 1 is 1.39 bits per heavy atom. The predicted molar refractivity (Wildman–Crippen MR) is 98.4 cm³/mol. The number of amides is 2. The van der Waals surface area contributed by atoms with E-state index < -0.39 is 24.1 Å². The Morgan fingerprint density at radius 3 is 2.46 bits per heavy atom. The summed E-state index contributed by atoms with van der Waals surface area (Å²) in [6.45, 7) is 9.90. The second kappa shape index (κ2) is 10.1. The average molecular weight is 395 g/mol. The largest absolute Gasteiger partial charge is 0.480 e. The fourth-order valence-corrected chi connectivity index (χ4v) is 1.96. The molecule has 2 unspecified atom stereocenters. The molecule has 12 heteroatoms. The maximum absolute atomic E-state index is 11.7. The second-order valence-corrected chi connectivity index (χ2v) is 6.05. The molecule has 2 heterocycles. The van der Waals surface area contributed by atoms with E-state index >= 15 is 0 Å². The molecule has 2 rings (SSSR count). The van der Waals surface area contributed by atoms with Gasteiger partial charge in [-0.3, -0.25) is 0 Å². The summed E-state index contributed by atoms with van der Waals surface area (Å²) in [5.74, 6) is -1.22. The summed E-state index contributed by atoms with van der Waals surface area (Å²) in [7, 11) is 0. The van der Waals surface area contributed by atoms with Gasteiger partial charge in [-0.05, 0) is 39.5 Å². The average Bonchev–Trinajstić information content (AvgIpc) is 3.15. The first kappa shape index (κ1) is 22.6. The molecule has 0 saturated heterocycles. The molecule has 0 saturated carbocycles. The number of aliphatic hydroxyl groups is 1. The van der Waals surface area contributed by atoms with Gasteiger partial charge >= 0.3 is 18.0 Å². The normalized spacial score (nSPS) is 12.3. The van der Waals surface area contributed by atoms with Crippen LogP contribution >= 0.6 is 0 Å². The first-order valence-corrected chi connectivity index (χ1v) is 8.23. The number of nitrogens with one attached hydrogen (secondary N) is 2. The fraction of sp³-hybridized carbons (Fsp3) is 0.438. The number of urea groups is 1. The van der Waals surface area contributed by atoms with Crippen LogP contribution in [-0.2, 0) is 11.3 Å². The summed E-state index contributed by atoms with van der Waals surface area (Å²) in [5.41, 5.74) is 7.19. The Kier molecular flexibility index (Phi) is 8.13. The van der Waals surface area contributed by atoms with Crippen molar-refractivity contribution in [3.63, 3.8) is 0 Å². The van der Waals surface area contributed by atoms with Crippen molar-refractivity contribution in [3.05, 3.63) is 35.6 Å². The first-order chi connectivity index (χ1) is 13.0. The SMILES string of the molecule is C=C(C)N.Cc1cc(C)n(-c2nnc(CNC(=O)NC(C(=O)O)C(C)O)o2)n1. The van der Waals surface area contributed by atoms with Gasteiger partial charge in [-0.2, -0.15) is 9.78 Å². The van der Waals surface area contributed by atoms with Crippen molar-refractivity contribution in [1.29, 1.82) is 0 Å². The van der Waals surface area contributed by atoms with Crippen molar-refractivity contribution in [2.75, 3.05) is 0 Å². The summed E-state index contributed by atoms with van der Waals surface area (Å²) in [6, 6.07) is -0.199. The zero-order valence-electron chi connectivity index (χ0n) is 16.1. The fourth-order valence-electron chi connectivity index (χ4n) is 1.96. The van der Waals surface area contributed by atoms with Gasteiger partial charge in [0.05, 0.1) is 18.3 Å². The summed E-state index contributed by atoms with van der Waals surface area (Å²) in [6.07, 6.45) is -1.24. The van der Waals surface area contributed by atoms with Crippen LogP contribution < -0.4 is 16.4 Å². The molecule has 0 spiro atoms. The van der Waals surface area contributed by atoms with Crippen LogP contribution in [0.15, 0.2) is 22.8 Å². The molecule has 154 valence electrons. The molecule has 0 aromatic carbocycles. The smallest absolute Gasteiger partial charge is 0.343 e. The lowest BCUT2D eigenvalue weighted by molar-refractivity contribution is -0.141. The third-order valence-electron chi connectivity index (χ3n) is 3.08. The molecule has 6 N–H and O–H groups in total. The number of carboxylic acids is 1. The highest BCUT2D eigenvalue weighted by Gasteiger charge is 2.25. The molecule has 0 radical (unpaired) electrons. The van der Waals surface area contributed by atoms with E-state index in [2.05, 4.69) is 32.5 Å². The lowest BCUT2D eigenvalue weighted by Crippen LogP contribution is -2.51. The summed E-state index contributed by atoms with van der Waals surface area (Å²) in [5, 5.41) is 34.5. The van der Waals surface area contributed by atoms with Gasteiger partial charge in [-0.15, -0.1) is 5.10 Å². The third kappa shape index (κ3) is 7.07. The lowest BCUT2D eigenvalue weighted by atomic mass is 10.2.